The van der Waals surface area contributed by atoms with E-state index in [4.69, 9.17) is 5.73 Å². The average molecular weight is 281 g/mol. The molecule has 20 heavy (non-hydrogen) atoms. The predicted molar refractivity (Wildman–Crippen MR) is 78.4 cm³/mol. The first-order valence-electron chi connectivity index (χ1n) is 7.04. The Morgan fingerprint density at radius 2 is 1.85 bits per heavy atom. The number of nitrogens with zero attached hydrogens (tertiary/aromatic N) is 1. The van der Waals surface area contributed by atoms with Gasteiger partial charge in [0.15, 0.2) is 5.96 Å². The monoisotopic (exact) mass is 281 g/mol. The second kappa shape index (κ2) is 5.77. The van der Waals surface area contributed by atoms with E-state index in [0.717, 1.165) is 29.7 Å². The molecule has 1 aliphatic rings. The van der Waals surface area contributed by atoms with Gasteiger partial charge in [0, 0.05) is 18.5 Å². The molecular weight excluding hydrogens is 260 g/mol. The molecule has 1 aromatic rings. The van der Waals surface area contributed by atoms with Crippen LogP contribution in [0.1, 0.15) is 37.8 Å². The summed E-state index contributed by atoms with van der Waals surface area (Å²) in [5, 5.41) is 3.09. The molecule has 0 saturated heterocycles. The molecule has 2 rings (SSSR count). The Kier molecular flexibility index (Phi) is 4.26. The normalized spacial score (nSPS) is 18.7. The minimum Gasteiger partial charge on any atom is -0.370 e. The second-order valence-corrected chi connectivity index (χ2v) is 5.22. The minimum absolute atomic E-state index is 0.203. The maximum absolute atomic E-state index is 12.8. The van der Waals surface area contributed by atoms with E-state index in [1.165, 1.54) is 0 Å². The summed E-state index contributed by atoms with van der Waals surface area (Å²) in [4.78, 5) is 4.13. The van der Waals surface area contributed by atoms with Crippen LogP contribution in [0.15, 0.2) is 23.2 Å². The van der Waals surface area contributed by atoms with Crippen LogP contribution < -0.4 is 11.1 Å². The first-order chi connectivity index (χ1) is 9.45. The van der Waals surface area contributed by atoms with E-state index >= 15 is 0 Å². The smallest absolute Gasteiger partial charge is 0.252 e. The molecule has 1 saturated carbocycles. The maximum atomic E-state index is 12.8. The van der Waals surface area contributed by atoms with Crippen LogP contribution in [0.4, 0.5) is 14.5 Å². The Labute approximate surface area is 118 Å². The highest BCUT2D eigenvalue weighted by Crippen LogP contribution is 2.39. The molecule has 0 aliphatic heterocycles. The zero-order valence-electron chi connectivity index (χ0n) is 11.9. The van der Waals surface area contributed by atoms with Crippen LogP contribution in [0.3, 0.4) is 0 Å². The quantitative estimate of drug-likeness (QED) is 0.657. The number of aryl methyl sites for hydroxylation is 2. The third-order valence-corrected chi connectivity index (χ3v) is 3.64. The molecule has 1 aliphatic carbocycles. The zero-order chi connectivity index (χ0) is 14.8. The topological polar surface area (TPSA) is 50.4 Å². The molecule has 0 bridgehead atoms. The Morgan fingerprint density at radius 3 is 2.30 bits per heavy atom. The summed E-state index contributed by atoms with van der Waals surface area (Å²) in [5.41, 5.74) is 9.12. The number of para-hydroxylation sites is 1. The van der Waals surface area contributed by atoms with E-state index in [1.807, 2.05) is 18.2 Å². The van der Waals surface area contributed by atoms with Gasteiger partial charge in [0.1, 0.15) is 0 Å². The molecule has 0 unspecified atom stereocenters. The summed E-state index contributed by atoms with van der Waals surface area (Å²) in [6.45, 7) is 4.14. The molecule has 0 heterocycles. The Morgan fingerprint density at radius 1 is 1.30 bits per heavy atom. The van der Waals surface area contributed by atoms with Crippen molar-refractivity contribution in [3.8, 4) is 0 Å². The minimum atomic E-state index is -2.57. The molecule has 0 amide bonds. The van der Waals surface area contributed by atoms with Gasteiger partial charge in [0.05, 0.1) is 6.04 Å². The lowest BCUT2D eigenvalue weighted by atomic mass is 9.89. The summed E-state index contributed by atoms with van der Waals surface area (Å²) in [6.07, 6.45) is 1.35. The van der Waals surface area contributed by atoms with Crippen LogP contribution in [0.5, 0.6) is 0 Å². The molecule has 1 aromatic carbocycles. The molecule has 0 spiro atoms. The fourth-order valence-corrected chi connectivity index (χ4v) is 2.48. The summed E-state index contributed by atoms with van der Waals surface area (Å²) in [6, 6.07) is 5.72. The van der Waals surface area contributed by atoms with E-state index < -0.39 is 5.92 Å². The molecule has 3 nitrogen and oxygen atoms in total. The molecular formula is C15H21F2N3. The number of nitrogens with two attached hydrogens (primary N) is 1. The van der Waals surface area contributed by atoms with Gasteiger partial charge in [-0.3, -0.25) is 0 Å². The van der Waals surface area contributed by atoms with Crippen molar-refractivity contribution in [2.45, 2.75) is 51.5 Å². The maximum Gasteiger partial charge on any atom is 0.252 e. The highest BCUT2D eigenvalue weighted by atomic mass is 19.3. The summed E-state index contributed by atoms with van der Waals surface area (Å²) in [5.74, 6) is -2.34. The predicted octanol–water partition coefficient (Wildman–Crippen LogP) is 3.34. The highest BCUT2D eigenvalue weighted by molar-refractivity contribution is 5.94. The van der Waals surface area contributed by atoms with Crippen LogP contribution in [0.2, 0.25) is 0 Å². The van der Waals surface area contributed by atoms with Crippen LogP contribution in [0, 0.1) is 0 Å². The van der Waals surface area contributed by atoms with E-state index in [2.05, 4.69) is 24.2 Å². The average Bonchev–Trinajstić information content (AvgIpc) is 2.36. The lowest BCUT2D eigenvalue weighted by molar-refractivity contribution is -0.0834. The summed E-state index contributed by atoms with van der Waals surface area (Å²) in [7, 11) is 0. The fourth-order valence-electron chi connectivity index (χ4n) is 2.48. The van der Waals surface area contributed by atoms with Crippen molar-refractivity contribution in [3.63, 3.8) is 0 Å². The number of guanidine groups is 1. The number of aliphatic imine (C=N–C) groups is 1. The standard InChI is InChI=1S/C15H21F2N3/c1-3-10-6-5-7-11(4-2)13(10)20-14(18)19-12-8-15(16,17)9-12/h5-7,12H,3-4,8-9H2,1-2H3,(H3,18,19,20). The Balaban J connectivity index is 2.11. The van der Waals surface area contributed by atoms with Crippen molar-refractivity contribution in [1.29, 1.82) is 0 Å². The first kappa shape index (κ1) is 14.8. The van der Waals surface area contributed by atoms with Gasteiger partial charge in [-0.25, -0.2) is 13.8 Å². The van der Waals surface area contributed by atoms with Gasteiger partial charge < -0.3 is 11.1 Å². The lowest BCUT2D eigenvalue weighted by Crippen LogP contribution is -2.40. The lowest BCUT2D eigenvalue weighted by Gasteiger charge is -2.32. The van der Waals surface area contributed by atoms with E-state index in [1.54, 1.807) is 0 Å². The van der Waals surface area contributed by atoms with Gasteiger partial charge in [-0.2, -0.15) is 0 Å². The molecule has 0 radical (unpaired) electrons. The zero-order valence-corrected chi connectivity index (χ0v) is 11.9. The molecule has 3 N–H and O–H groups in total. The molecule has 0 atom stereocenters. The number of benzene rings is 1. The number of anilines is 1. The van der Waals surface area contributed by atoms with E-state index in [-0.39, 0.29) is 24.8 Å². The van der Waals surface area contributed by atoms with Crippen molar-refractivity contribution in [3.05, 3.63) is 29.3 Å². The van der Waals surface area contributed by atoms with Crippen molar-refractivity contribution in [2.75, 3.05) is 5.32 Å². The summed E-state index contributed by atoms with van der Waals surface area (Å²) < 4.78 is 25.5. The SMILES string of the molecule is CCc1cccc(CC)c1NC(N)=NC1CC(F)(F)C1. The Bertz CT molecular complexity index is 482. The largest absolute Gasteiger partial charge is 0.370 e. The van der Waals surface area contributed by atoms with Crippen molar-refractivity contribution in [2.24, 2.45) is 10.7 Å². The number of halogens is 2. The first-order valence-corrected chi connectivity index (χ1v) is 7.04. The third kappa shape index (κ3) is 3.26. The number of hydrogen-bond acceptors (Lipinski definition) is 1. The number of rotatable bonds is 4. The molecule has 110 valence electrons. The van der Waals surface area contributed by atoms with Gasteiger partial charge in [-0.05, 0) is 24.0 Å². The third-order valence-electron chi connectivity index (χ3n) is 3.64. The van der Waals surface area contributed by atoms with Crippen molar-refractivity contribution >= 4 is 11.6 Å². The molecule has 5 heteroatoms. The highest BCUT2D eigenvalue weighted by Gasteiger charge is 2.45. The number of nitrogens with one attached hydrogen (secondary N) is 1. The van der Waals surface area contributed by atoms with Crippen molar-refractivity contribution < 1.29 is 8.78 Å². The van der Waals surface area contributed by atoms with Crippen molar-refractivity contribution in [1.82, 2.24) is 0 Å². The van der Waals surface area contributed by atoms with Crippen LogP contribution in [-0.4, -0.2) is 17.9 Å². The van der Waals surface area contributed by atoms with Gasteiger partial charge in [0.25, 0.3) is 5.92 Å². The number of alkyl halides is 2. The van der Waals surface area contributed by atoms with Crippen LogP contribution >= 0.6 is 0 Å². The van der Waals surface area contributed by atoms with E-state index in [9.17, 15) is 8.78 Å². The molecule has 1 fully saturated rings. The van der Waals surface area contributed by atoms with Gasteiger partial charge >= 0.3 is 0 Å². The van der Waals surface area contributed by atoms with Gasteiger partial charge in [0.2, 0.25) is 0 Å². The van der Waals surface area contributed by atoms with Gasteiger partial charge in [-0.1, -0.05) is 32.0 Å². The summed E-state index contributed by atoms with van der Waals surface area (Å²) >= 11 is 0. The van der Waals surface area contributed by atoms with E-state index in [0.29, 0.717) is 0 Å². The molecule has 0 aromatic heterocycles. The van der Waals surface area contributed by atoms with Crippen LogP contribution in [0.25, 0.3) is 0 Å². The number of hydrogen-bond donors (Lipinski definition) is 2. The Hall–Kier alpha value is -1.65. The van der Waals surface area contributed by atoms with Crippen LogP contribution in [-0.2, 0) is 12.8 Å². The fraction of sp³-hybridized carbons (Fsp3) is 0.533. The second-order valence-electron chi connectivity index (χ2n) is 5.22. The van der Waals surface area contributed by atoms with Gasteiger partial charge in [-0.15, -0.1) is 0 Å².